The van der Waals surface area contributed by atoms with Crippen LogP contribution in [0.4, 0.5) is 5.69 Å². The van der Waals surface area contributed by atoms with E-state index < -0.39 is 0 Å². The van der Waals surface area contributed by atoms with E-state index in [0.29, 0.717) is 13.0 Å². The number of amides is 1. The zero-order chi connectivity index (χ0) is 19.8. The van der Waals surface area contributed by atoms with Crippen LogP contribution in [0.2, 0.25) is 0 Å². The molecule has 2 fully saturated rings. The fourth-order valence-corrected chi connectivity index (χ4v) is 3.65. The fraction of sp³-hybridized carbons (Fsp3) is 0.619. The van der Waals surface area contributed by atoms with Crippen molar-refractivity contribution in [2.45, 2.75) is 39.3 Å². The second-order valence-corrected chi connectivity index (χ2v) is 7.28. The van der Waals surface area contributed by atoms with Gasteiger partial charge in [-0.1, -0.05) is 19.1 Å². The number of ether oxygens (including phenoxy) is 1. The number of hydrogen-bond acceptors (Lipinski definition) is 4. The van der Waals surface area contributed by atoms with Crippen molar-refractivity contribution in [3.8, 4) is 0 Å². The summed E-state index contributed by atoms with van der Waals surface area (Å²) in [7, 11) is 0. The Morgan fingerprint density at radius 2 is 1.90 bits per heavy atom. The van der Waals surface area contributed by atoms with E-state index in [1.807, 2.05) is 11.8 Å². The predicted octanol–water partition coefficient (Wildman–Crippen LogP) is 2.21. The minimum Gasteiger partial charge on any atom is -0.378 e. The summed E-state index contributed by atoms with van der Waals surface area (Å²) < 4.78 is 5.42. The van der Waals surface area contributed by atoms with Crippen molar-refractivity contribution < 1.29 is 9.53 Å². The van der Waals surface area contributed by atoms with Crippen molar-refractivity contribution in [2.24, 2.45) is 4.99 Å². The number of likely N-dealkylation sites (tertiary alicyclic amines) is 1. The number of rotatable bonds is 6. The molecule has 1 aromatic rings. The van der Waals surface area contributed by atoms with E-state index in [-0.39, 0.29) is 35.9 Å². The smallest absolute Gasteiger partial charge is 0.222 e. The number of aliphatic imine (C=N–C) groups is 1. The van der Waals surface area contributed by atoms with Gasteiger partial charge in [-0.15, -0.1) is 24.0 Å². The van der Waals surface area contributed by atoms with Gasteiger partial charge in [0.15, 0.2) is 5.96 Å². The molecule has 1 atom stereocenters. The summed E-state index contributed by atoms with van der Waals surface area (Å²) in [6.07, 6.45) is 1.53. The van der Waals surface area contributed by atoms with E-state index in [4.69, 9.17) is 9.73 Å². The molecule has 162 valence electrons. The lowest BCUT2D eigenvalue weighted by molar-refractivity contribution is -0.129. The van der Waals surface area contributed by atoms with Gasteiger partial charge < -0.3 is 25.2 Å². The molecule has 7 nitrogen and oxygen atoms in total. The molecule has 2 heterocycles. The topological polar surface area (TPSA) is 69.2 Å². The molecule has 0 bridgehead atoms. The number of nitrogens with one attached hydrogen (secondary N) is 2. The highest BCUT2D eigenvalue weighted by Crippen LogP contribution is 2.17. The third-order valence-corrected chi connectivity index (χ3v) is 5.26. The number of anilines is 1. The molecule has 2 aliphatic heterocycles. The van der Waals surface area contributed by atoms with Crippen LogP contribution in [0, 0.1) is 0 Å². The first-order valence-corrected chi connectivity index (χ1v) is 10.4. The van der Waals surface area contributed by atoms with Gasteiger partial charge >= 0.3 is 0 Å². The Labute approximate surface area is 191 Å². The van der Waals surface area contributed by atoms with E-state index in [9.17, 15) is 4.79 Å². The van der Waals surface area contributed by atoms with Gasteiger partial charge in [-0.25, -0.2) is 4.99 Å². The number of nitrogens with zero attached hydrogens (tertiary/aromatic N) is 3. The maximum Gasteiger partial charge on any atom is 0.222 e. The first-order valence-electron chi connectivity index (χ1n) is 10.4. The lowest BCUT2D eigenvalue weighted by Gasteiger charge is -2.28. The maximum atomic E-state index is 11.9. The monoisotopic (exact) mass is 515 g/mol. The van der Waals surface area contributed by atoms with E-state index in [0.717, 1.165) is 58.3 Å². The van der Waals surface area contributed by atoms with Crippen molar-refractivity contribution in [3.63, 3.8) is 0 Å². The average Bonchev–Trinajstić information content (AvgIpc) is 3.21. The van der Waals surface area contributed by atoms with E-state index in [1.165, 1.54) is 11.3 Å². The van der Waals surface area contributed by atoms with Crippen LogP contribution in [0.5, 0.6) is 0 Å². The number of benzene rings is 1. The molecule has 2 N–H and O–H groups in total. The van der Waals surface area contributed by atoms with Gasteiger partial charge in [0.1, 0.15) is 0 Å². The summed E-state index contributed by atoms with van der Waals surface area (Å²) in [6, 6.07) is 8.89. The summed E-state index contributed by atoms with van der Waals surface area (Å²) in [6.45, 7) is 10.5. The lowest BCUT2D eigenvalue weighted by atomic mass is 10.2. The molecule has 2 aliphatic rings. The number of carbonyl (C=O) groups is 1. The third-order valence-electron chi connectivity index (χ3n) is 5.26. The summed E-state index contributed by atoms with van der Waals surface area (Å²) in [4.78, 5) is 20.9. The van der Waals surface area contributed by atoms with Crippen LogP contribution in [0.1, 0.15) is 32.3 Å². The van der Waals surface area contributed by atoms with Crippen LogP contribution in [-0.2, 0) is 16.1 Å². The second kappa shape index (κ2) is 12.2. The molecule has 0 radical (unpaired) electrons. The Balaban J connectivity index is 0.00000300. The summed E-state index contributed by atoms with van der Waals surface area (Å²) in [5.41, 5.74) is 2.43. The zero-order valence-electron chi connectivity index (χ0n) is 17.5. The lowest BCUT2D eigenvalue weighted by Crippen LogP contribution is -2.45. The largest absolute Gasteiger partial charge is 0.378 e. The Hall–Kier alpha value is -1.55. The van der Waals surface area contributed by atoms with Gasteiger partial charge in [0.2, 0.25) is 5.91 Å². The van der Waals surface area contributed by atoms with Crippen LogP contribution in [-0.4, -0.2) is 68.7 Å². The average molecular weight is 515 g/mol. The van der Waals surface area contributed by atoms with Crippen molar-refractivity contribution in [1.29, 1.82) is 0 Å². The predicted molar refractivity (Wildman–Crippen MR) is 128 cm³/mol. The molecular formula is C21H34IN5O2. The molecule has 0 spiro atoms. The Bertz CT molecular complexity index is 662. The van der Waals surface area contributed by atoms with E-state index in [1.54, 1.807) is 0 Å². The molecule has 1 amide bonds. The van der Waals surface area contributed by atoms with Crippen molar-refractivity contribution in [3.05, 3.63) is 29.8 Å². The Morgan fingerprint density at radius 3 is 2.55 bits per heavy atom. The first-order chi connectivity index (χ1) is 13.7. The first kappa shape index (κ1) is 23.7. The molecule has 2 saturated heterocycles. The standard InChI is InChI=1S/C21H33N5O2.HI/c1-3-20(27)26-10-9-18(16-26)24-21(22-4-2)23-15-17-5-7-19(8-6-17)25-11-13-28-14-12-25;/h5-8,18H,3-4,9-16H2,1-2H3,(H2,22,23,24);1H. The molecule has 3 rings (SSSR count). The quantitative estimate of drug-likeness (QED) is 0.346. The molecule has 1 unspecified atom stereocenters. The van der Waals surface area contributed by atoms with Crippen molar-refractivity contribution in [2.75, 3.05) is 50.8 Å². The molecule has 0 aliphatic carbocycles. The molecule has 8 heteroatoms. The Kier molecular flexibility index (Phi) is 9.99. The van der Waals surface area contributed by atoms with Gasteiger partial charge in [0.05, 0.1) is 19.8 Å². The molecular weight excluding hydrogens is 481 g/mol. The SMILES string of the molecule is CCNC(=NCc1ccc(N2CCOCC2)cc1)NC1CCN(C(=O)CC)C1.I. The highest BCUT2D eigenvalue weighted by Gasteiger charge is 2.25. The van der Waals surface area contributed by atoms with Crippen LogP contribution in [0.15, 0.2) is 29.3 Å². The van der Waals surface area contributed by atoms with Crippen LogP contribution < -0.4 is 15.5 Å². The molecule has 0 aromatic heterocycles. The minimum absolute atomic E-state index is 0. The third kappa shape index (κ3) is 7.02. The highest BCUT2D eigenvalue weighted by molar-refractivity contribution is 14.0. The summed E-state index contributed by atoms with van der Waals surface area (Å²) in [5, 5.41) is 6.80. The number of morpholine rings is 1. The van der Waals surface area contributed by atoms with Crippen LogP contribution >= 0.6 is 24.0 Å². The van der Waals surface area contributed by atoms with E-state index >= 15 is 0 Å². The number of hydrogen-bond donors (Lipinski definition) is 2. The van der Waals surface area contributed by atoms with Crippen molar-refractivity contribution in [1.82, 2.24) is 15.5 Å². The number of halogens is 1. The normalized spacial score (nSPS) is 19.7. The minimum atomic E-state index is 0. The van der Waals surface area contributed by atoms with Crippen LogP contribution in [0.25, 0.3) is 0 Å². The van der Waals surface area contributed by atoms with Gasteiger partial charge in [-0.2, -0.15) is 0 Å². The van der Waals surface area contributed by atoms with Gasteiger partial charge in [-0.3, -0.25) is 4.79 Å². The summed E-state index contributed by atoms with van der Waals surface area (Å²) in [5.74, 6) is 1.04. The van der Waals surface area contributed by atoms with Crippen molar-refractivity contribution >= 4 is 41.5 Å². The fourth-order valence-electron chi connectivity index (χ4n) is 3.65. The van der Waals surface area contributed by atoms with Crippen LogP contribution in [0.3, 0.4) is 0 Å². The summed E-state index contributed by atoms with van der Waals surface area (Å²) >= 11 is 0. The molecule has 1 aromatic carbocycles. The molecule has 29 heavy (non-hydrogen) atoms. The van der Waals surface area contributed by atoms with Gasteiger partial charge in [-0.05, 0) is 31.0 Å². The number of carbonyl (C=O) groups excluding carboxylic acids is 1. The Morgan fingerprint density at radius 1 is 1.17 bits per heavy atom. The van der Waals surface area contributed by atoms with Gasteiger partial charge in [0.25, 0.3) is 0 Å². The van der Waals surface area contributed by atoms with Gasteiger partial charge in [0, 0.05) is 50.9 Å². The maximum absolute atomic E-state index is 11.9. The number of guanidine groups is 1. The molecule has 0 saturated carbocycles. The second-order valence-electron chi connectivity index (χ2n) is 7.28. The van der Waals surface area contributed by atoms with E-state index in [2.05, 4.69) is 46.7 Å². The zero-order valence-corrected chi connectivity index (χ0v) is 19.9. The highest BCUT2D eigenvalue weighted by atomic mass is 127.